The average Bonchev–Trinajstić information content (AvgIpc) is 2.83. The maximum absolute atomic E-state index is 12.5. The van der Waals surface area contributed by atoms with Crippen LogP contribution in [0.2, 0.25) is 0 Å². The van der Waals surface area contributed by atoms with Gasteiger partial charge in [0.05, 0.1) is 0 Å². The highest BCUT2D eigenvalue weighted by Gasteiger charge is 2.22. The first-order valence-electron chi connectivity index (χ1n) is 11.3. The van der Waals surface area contributed by atoms with Gasteiger partial charge in [0, 0.05) is 24.6 Å². The first kappa shape index (κ1) is 23.1. The number of fused-ring (bicyclic) bond motifs is 1. The fraction of sp³-hybridized carbons (Fsp3) is 0.172. The molecule has 4 rings (SSSR count). The Morgan fingerprint density at radius 2 is 1.59 bits per heavy atom. The minimum atomic E-state index is -0.832. The van der Waals surface area contributed by atoms with E-state index in [1.54, 1.807) is 4.90 Å². The predicted octanol–water partition coefficient (Wildman–Crippen LogP) is 6.30. The molecule has 0 aliphatic rings. The van der Waals surface area contributed by atoms with Gasteiger partial charge in [0.2, 0.25) is 5.91 Å². The van der Waals surface area contributed by atoms with Gasteiger partial charge < -0.3 is 9.84 Å². The van der Waals surface area contributed by atoms with E-state index in [0.29, 0.717) is 12.2 Å². The van der Waals surface area contributed by atoms with Crippen LogP contribution >= 0.6 is 0 Å². The number of aryl methyl sites for hydroxylation is 1. The van der Waals surface area contributed by atoms with Gasteiger partial charge in [0.1, 0.15) is 5.75 Å². The maximum atomic E-state index is 12.5. The van der Waals surface area contributed by atoms with Gasteiger partial charge in [0.15, 0.2) is 6.23 Å². The molecule has 34 heavy (non-hydrogen) atoms. The molecule has 0 saturated heterocycles. The monoisotopic (exact) mass is 453 g/mol. The lowest BCUT2D eigenvalue weighted by Crippen LogP contribution is -2.40. The first-order chi connectivity index (χ1) is 16.4. The summed E-state index contributed by atoms with van der Waals surface area (Å²) in [4.78, 5) is 25.2. The number of benzene rings is 4. The third-order valence-electron chi connectivity index (χ3n) is 5.77. The van der Waals surface area contributed by atoms with Gasteiger partial charge in [-0.05, 0) is 65.6 Å². The van der Waals surface area contributed by atoms with E-state index < -0.39 is 12.2 Å². The molecular formula is C29H27NO4. The van der Waals surface area contributed by atoms with Crippen LogP contribution in [0.5, 0.6) is 5.75 Å². The number of anilines is 1. The molecule has 172 valence electrons. The Morgan fingerprint density at radius 1 is 0.882 bits per heavy atom. The second-order valence-electron chi connectivity index (χ2n) is 8.23. The number of para-hydroxylation sites is 1. The fourth-order valence-corrected chi connectivity index (χ4v) is 4.14. The van der Waals surface area contributed by atoms with E-state index in [9.17, 15) is 9.59 Å². The zero-order valence-corrected chi connectivity index (χ0v) is 19.3. The lowest BCUT2D eigenvalue weighted by Gasteiger charge is -2.29. The molecule has 1 atom stereocenters. The van der Waals surface area contributed by atoms with Crippen molar-refractivity contribution >= 4 is 28.3 Å². The molecule has 0 radical (unpaired) electrons. The van der Waals surface area contributed by atoms with Crippen LogP contribution in [0.3, 0.4) is 0 Å². The number of rotatable bonds is 8. The van der Waals surface area contributed by atoms with E-state index >= 15 is 0 Å². The quantitative estimate of drug-likeness (QED) is 0.318. The van der Waals surface area contributed by atoms with Gasteiger partial charge in [-0.2, -0.15) is 0 Å². The van der Waals surface area contributed by atoms with Crippen LogP contribution in [0, 0.1) is 0 Å². The van der Waals surface area contributed by atoms with Crippen molar-refractivity contribution in [1.29, 1.82) is 0 Å². The Morgan fingerprint density at radius 3 is 2.29 bits per heavy atom. The van der Waals surface area contributed by atoms with E-state index in [4.69, 9.17) is 9.84 Å². The summed E-state index contributed by atoms with van der Waals surface area (Å²) >= 11 is 0. The van der Waals surface area contributed by atoms with Crippen molar-refractivity contribution in [3.63, 3.8) is 0 Å². The average molecular weight is 454 g/mol. The number of carbonyl (C=O) groups excluding carboxylic acids is 1. The van der Waals surface area contributed by atoms with Gasteiger partial charge >= 0.3 is 5.97 Å². The number of amides is 1. The molecule has 4 aromatic rings. The molecule has 5 nitrogen and oxygen atoms in total. The van der Waals surface area contributed by atoms with Crippen molar-refractivity contribution in [3.05, 3.63) is 96.6 Å². The van der Waals surface area contributed by atoms with Gasteiger partial charge in [-0.15, -0.1) is 0 Å². The van der Waals surface area contributed by atoms with Crippen molar-refractivity contribution in [3.8, 4) is 16.9 Å². The lowest BCUT2D eigenvalue weighted by molar-refractivity contribution is -0.137. The molecule has 5 heteroatoms. The predicted molar refractivity (Wildman–Crippen MR) is 135 cm³/mol. The number of nitrogens with zero attached hydrogens (tertiary/aromatic N) is 1. The number of carboxylic acids is 1. The van der Waals surface area contributed by atoms with Crippen LogP contribution in [0.15, 0.2) is 91.0 Å². The number of hydrogen-bond acceptors (Lipinski definition) is 3. The topological polar surface area (TPSA) is 66.8 Å². The Bertz CT molecular complexity index is 1320. The Kier molecular flexibility index (Phi) is 6.93. The number of hydrogen-bond donors (Lipinski definition) is 1. The zero-order chi connectivity index (χ0) is 24.1. The Labute approximate surface area is 199 Å². The number of ether oxygens (including phenoxy) is 1. The zero-order valence-electron chi connectivity index (χ0n) is 19.3. The van der Waals surface area contributed by atoms with Crippen LogP contribution < -0.4 is 9.64 Å². The van der Waals surface area contributed by atoms with E-state index in [0.717, 1.165) is 33.2 Å². The maximum Gasteiger partial charge on any atom is 0.303 e. The number of carboxylic acid groups (broad SMARTS) is 1. The molecule has 1 N–H and O–H groups in total. The second kappa shape index (κ2) is 10.2. The van der Waals surface area contributed by atoms with Gasteiger partial charge in [-0.3, -0.25) is 14.5 Å². The van der Waals surface area contributed by atoms with E-state index in [1.807, 2.05) is 73.7 Å². The molecule has 0 aromatic heterocycles. The van der Waals surface area contributed by atoms with Crippen LogP contribution in [-0.2, 0) is 16.0 Å². The van der Waals surface area contributed by atoms with Crippen LogP contribution in [-0.4, -0.2) is 23.2 Å². The van der Waals surface area contributed by atoms with Crippen molar-refractivity contribution in [2.45, 2.75) is 32.9 Å². The summed E-state index contributed by atoms with van der Waals surface area (Å²) in [5.74, 6) is -0.325. The molecule has 4 aromatic carbocycles. The Balaban J connectivity index is 1.73. The minimum absolute atomic E-state index is 0.0554. The highest BCUT2D eigenvalue weighted by molar-refractivity contribution is 5.92. The van der Waals surface area contributed by atoms with E-state index in [-0.39, 0.29) is 12.3 Å². The minimum Gasteiger partial charge on any atom is -0.481 e. The summed E-state index contributed by atoms with van der Waals surface area (Å²) in [5, 5.41) is 11.3. The van der Waals surface area contributed by atoms with E-state index in [2.05, 4.69) is 24.3 Å². The molecular weight excluding hydrogens is 426 g/mol. The normalized spacial score (nSPS) is 11.7. The molecule has 0 saturated carbocycles. The smallest absolute Gasteiger partial charge is 0.303 e. The summed E-state index contributed by atoms with van der Waals surface area (Å²) in [6, 6.07) is 29.5. The molecule has 1 amide bonds. The summed E-state index contributed by atoms with van der Waals surface area (Å²) in [6.45, 7) is 3.36. The van der Waals surface area contributed by atoms with E-state index in [1.165, 1.54) is 6.92 Å². The summed E-state index contributed by atoms with van der Waals surface area (Å²) < 4.78 is 6.36. The third-order valence-corrected chi connectivity index (χ3v) is 5.77. The molecule has 0 spiro atoms. The largest absolute Gasteiger partial charge is 0.481 e. The van der Waals surface area contributed by atoms with Crippen molar-refractivity contribution < 1.29 is 19.4 Å². The summed E-state index contributed by atoms with van der Waals surface area (Å²) in [5.41, 5.74) is 3.49. The highest BCUT2D eigenvalue weighted by atomic mass is 16.5. The van der Waals surface area contributed by atoms with Crippen LogP contribution in [0.1, 0.15) is 25.8 Å². The van der Waals surface area contributed by atoms with Crippen molar-refractivity contribution in [1.82, 2.24) is 0 Å². The molecule has 0 aliphatic heterocycles. The highest BCUT2D eigenvalue weighted by Crippen LogP contribution is 2.35. The van der Waals surface area contributed by atoms with Gasteiger partial charge in [0.25, 0.3) is 0 Å². The fourth-order valence-electron chi connectivity index (χ4n) is 4.14. The lowest BCUT2D eigenvalue weighted by atomic mass is 9.97. The van der Waals surface area contributed by atoms with Crippen LogP contribution in [0.25, 0.3) is 21.9 Å². The summed E-state index contributed by atoms with van der Waals surface area (Å²) in [6.07, 6.45) is -0.0705. The summed E-state index contributed by atoms with van der Waals surface area (Å²) in [7, 11) is 0. The molecule has 0 aliphatic carbocycles. The standard InChI is InChI=1S/C29H27NO4/c1-20(31)30(26-10-4-3-5-11-26)21(2)34-28-16-12-22(13-17-29(32)33)18-27(28)25-15-14-23-8-6-7-9-24(23)19-25/h3-12,14-16,18-19,21H,13,17H2,1-2H3,(H,32,33). The molecule has 1 unspecified atom stereocenters. The molecule has 0 heterocycles. The number of carbonyl (C=O) groups is 2. The molecule has 0 fully saturated rings. The molecule has 0 bridgehead atoms. The van der Waals surface area contributed by atoms with Crippen molar-refractivity contribution in [2.24, 2.45) is 0 Å². The second-order valence-corrected chi connectivity index (χ2v) is 8.23. The number of aliphatic carboxylic acids is 1. The van der Waals surface area contributed by atoms with Gasteiger partial charge in [-0.25, -0.2) is 0 Å². The first-order valence-corrected chi connectivity index (χ1v) is 11.3. The van der Waals surface area contributed by atoms with Crippen molar-refractivity contribution in [2.75, 3.05) is 4.90 Å². The third kappa shape index (κ3) is 5.26. The Hall–Kier alpha value is -4.12. The SMILES string of the molecule is CC(=O)N(c1ccccc1)C(C)Oc1ccc(CCC(=O)O)cc1-c1ccc2ccccc2c1. The van der Waals surface area contributed by atoms with Gasteiger partial charge in [-0.1, -0.05) is 60.7 Å². The van der Waals surface area contributed by atoms with Crippen LogP contribution in [0.4, 0.5) is 5.69 Å².